The summed E-state index contributed by atoms with van der Waals surface area (Å²) in [6.07, 6.45) is 0.163. The van der Waals surface area contributed by atoms with Gasteiger partial charge in [0.1, 0.15) is 11.1 Å². The third-order valence-electron chi connectivity index (χ3n) is 5.14. The van der Waals surface area contributed by atoms with E-state index in [0.29, 0.717) is 27.8 Å². The highest BCUT2D eigenvalue weighted by atomic mass is 32.2. The van der Waals surface area contributed by atoms with E-state index in [4.69, 9.17) is 5.84 Å². The second-order valence-corrected chi connectivity index (χ2v) is 8.64. The molecule has 4 aromatic rings. The highest BCUT2D eigenvalue weighted by Gasteiger charge is 2.26. The topological polar surface area (TPSA) is 103 Å². The number of hydrogen-bond donors (Lipinski definition) is 2. The number of benzene rings is 3. The van der Waals surface area contributed by atoms with Crippen molar-refractivity contribution in [2.75, 3.05) is 11.2 Å². The third kappa shape index (κ3) is 5.32. The molecule has 34 heavy (non-hydrogen) atoms. The van der Waals surface area contributed by atoms with Crippen molar-refractivity contribution in [1.29, 1.82) is 0 Å². The van der Waals surface area contributed by atoms with Gasteiger partial charge >= 0.3 is 0 Å². The van der Waals surface area contributed by atoms with Crippen LogP contribution in [0, 0.1) is 5.82 Å². The van der Waals surface area contributed by atoms with Gasteiger partial charge in [0.25, 0.3) is 0 Å². The highest BCUT2D eigenvalue weighted by molar-refractivity contribution is 8.00. The average molecular weight is 476 g/mol. The molecule has 1 amide bonds. The minimum absolute atomic E-state index is 0.0938. The van der Waals surface area contributed by atoms with Crippen LogP contribution in [0.3, 0.4) is 0 Å². The van der Waals surface area contributed by atoms with Crippen LogP contribution in [0.25, 0.3) is 0 Å². The predicted molar refractivity (Wildman–Crippen MR) is 129 cm³/mol. The fourth-order valence-electron chi connectivity index (χ4n) is 3.35. The molecule has 4 rings (SSSR count). The molecule has 0 fully saturated rings. The Morgan fingerprint density at radius 1 is 1.03 bits per heavy atom. The van der Waals surface area contributed by atoms with Crippen molar-refractivity contribution in [1.82, 2.24) is 14.9 Å². The van der Waals surface area contributed by atoms with Gasteiger partial charge in [-0.15, -0.1) is 10.2 Å². The number of anilines is 1. The molecule has 1 atom stereocenters. The quantitative estimate of drug-likeness (QED) is 0.223. The van der Waals surface area contributed by atoms with Gasteiger partial charge in [-0.2, -0.15) is 0 Å². The lowest BCUT2D eigenvalue weighted by Gasteiger charge is -2.17. The molecule has 9 heteroatoms. The number of nitrogens with one attached hydrogen (secondary N) is 1. The van der Waals surface area contributed by atoms with Crippen molar-refractivity contribution < 1.29 is 14.0 Å². The molecule has 0 unspecified atom stereocenters. The van der Waals surface area contributed by atoms with E-state index in [1.807, 2.05) is 30.3 Å². The van der Waals surface area contributed by atoms with Gasteiger partial charge in [0.2, 0.25) is 11.1 Å². The monoisotopic (exact) mass is 475 g/mol. The number of ketones is 1. The minimum atomic E-state index is -0.699. The summed E-state index contributed by atoms with van der Waals surface area (Å²) in [6.45, 7) is 1.47. The molecule has 0 radical (unpaired) electrons. The standard InChI is InChI=1S/C25H22FN5O2S/c1-16(32)18-11-7-12-20(14-18)28-24(33)23(17-8-3-2-4-9-17)34-25-30-29-22(31(25)27)15-19-10-5-6-13-21(19)26/h2-14,23H,15,27H2,1H3,(H,28,33)/t23-/m0/s1. The number of carbonyl (C=O) groups excluding carboxylic acids is 2. The molecule has 0 aliphatic heterocycles. The van der Waals surface area contributed by atoms with Crippen LogP contribution < -0.4 is 11.2 Å². The lowest BCUT2D eigenvalue weighted by molar-refractivity contribution is -0.115. The predicted octanol–water partition coefficient (Wildman–Crippen LogP) is 4.40. The number of nitrogen functional groups attached to an aromatic ring is 1. The molecule has 0 bridgehead atoms. The summed E-state index contributed by atoms with van der Waals surface area (Å²) in [5.41, 5.74) is 2.20. The van der Waals surface area contributed by atoms with Crippen molar-refractivity contribution in [3.8, 4) is 0 Å². The molecule has 7 nitrogen and oxygen atoms in total. The molecule has 3 aromatic carbocycles. The number of rotatable bonds is 8. The summed E-state index contributed by atoms with van der Waals surface area (Å²) >= 11 is 1.13. The maximum Gasteiger partial charge on any atom is 0.242 e. The van der Waals surface area contributed by atoms with Gasteiger partial charge in [0.05, 0.1) is 0 Å². The summed E-state index contributed by atoms with van der Waals surface area (Å²) in [5, 5.41) is 10.7. The van der Waals surface area contributed by atoms with E-state index in [1.54, 1.807) is 42.5 Å². The molecule has 0 aliphatic carbocycles. The number of nitrogens with zero attached hydrogens (tertiary/aromatic N) is 3. The normalized spacial score (nSPS) is 11.7. The van der Waals surface area contributed by atoms with Crippen molar-refractivity contribution >= 4 is 29.1 Å². The lowest BCUT2D eigenvalue weighted by Crippen LogP contribution is -2.21. The van der Waals surface area contributed by atoms with Crippen molar-refractivity contribution in [2.45, 2.75) is 23.8 Å². The number of carbonyl (C=O) groups is 2. The maximum absolute atomic E-state index is 14.1. The van der Waals surface area contributed by atoms with Gasteiger partial charge < -0.3 is 11.2 Å². The first kappa shape index (κ1) is 23.2. The number of aromatic nitrogens is 3. The maximum atomic E-state index is 14.1. The first-order chi connectivity index (χ1) is 16.4. The fraction of sp³-hybridized carbons (Fsp3) is 0.120. The third-order valence-corrected chi connectivity index (χ3v) is 6.35. The molecule has 0 saturated heterocycles. The van der Waals surface area contributed by atoms with Gasteiger partial charge in [-0.05, 0) is 36.2 Å². The average Bonchev–Trinajstić information content (AvgIpc) is 3.18. The highest BCUT2D eigenvalue weighted by Crippen LogP contribution is 2.35. The lowest BCUT2D eigenvalue weighted by atomic mass is 10.1. The van der Waals surface area contributed by atoms with Gasteiger partial charge in [-0.25, -0.2) is 9.07 Å². The summed E-state index contributed by atoms with van der Waals surface area (Å²) in [7, 11) is 0. The van der Waals surface area contributed by atoms with Crippen LogP contribution in [0.1, 0.15) is 39.5 Å². The zero-order valence-corrected chi connectivity index (χ0v) is 19.1. The van der Waals surface area contributed by atoms with Gasteiger partial charge in [0, 0.05) is 17.7 Å². The van der Waals surface area contributed by atoms with E-state index in [2.05, 4.69) is 15.5 Å². The van der Waals surface area contributed by atoms with Crippen molar-refractivity contribution in [2.24, 2.45) is 0 Å². The first-order valence-corrected chi connectivity index (χ1v) is 11.4. The molecule has 1 heterocycles. The van der Waals surface area contributed by atoms with Crippen molar-refractivity contribution in [3.05, 3.63) is 107 Å². The number of hydrogen-bond acceptors (Lipinski definition) is 6. The smallest absolute Gasteiger partial charge is 0.242 e. The number of thioether (sulfide) groups is 1. The molecular formula is C25H22FN5O2S. The molecular weight excluding hydrogens is 453 g/mol. The Hall–Kier alpha value is -3.98. The molecule has 0 spiro atoms. The Morgan fingerprint density at radius 2 is 1.76 bits per heavy atom. The molecule has 0 aliphatic rings. The number of halogens is 1. The number of Topliss-reactive ketones (excluding diaryl/α,β-unsaturated/α-hetero) is 1. The van der Waals surface area contributed by atoms with E-state index in [9.17, 15) is 14.0 Å². The largest absolute Gasteiger partial charge is 0.336 e. The molecule has 0 saturated carbocycles. The van der Waals surface area contributed by atoms with Gasteiger partial charge in [-0.1, -0.05) is 72.4 Å². The van der Waals surface area contributed by atoms with E-state index in [1.165, 1.54) is 17.7 Å². The summed E-state index contributed by atoms with van der Waals surface area (Å²) < 4.78 is 15.3. The van der Waals surface area contributed by atoms with Gasteiger partial charge in [-0.3, -0.25) is 9.59 Å². The van der Waals surface area contributed by atoms with E-state index in [0.717, 1.165) is 17.3 Å². The Balaban J connectivity index is 1.59. The molecule has 1 aromatic heterocycles. The zero-order chi connectivity index (χ0) is 24.1. The van der Waals surface area contributed by atoms with Crippen LogP contribution in [-0.2, 0) is 11.2 Å². The van der Waals surface area contributed by atoms with Crippen LogP contribution in [-0.4, -0.2) is 26.6 Å². The summed E-state index contributed by atoms with van der Waals surface area (Å²) in [4.78, 5) is 25.0. The van der Waals surface area contributed by atoms with Crippen LogP contribution >= 0.6 is 11.8 Å². The molecule has 3 N–H and O–H groups in total. The Labute approximate surface area is 200 Å². The fourth-order valence-corrected chi connectivity index (χ4v) is 4.33. The van der Waals surface area contributed by atoms with E-state index >= 15 is 0 Å². The SMILES string of the molecule is CC(=O)c1cccc(NC(=O)[C@@H](Sc2nnc(Cc3ccccc3F)n2N)c2ccccc2)c1. The number of nitrogens with two attached hydrogens (primary N) is 1. The number of amides is 1. The van der Waals surface area contributed by atoms with Crippen LogP contribution in [0.2, 0.25) is 0 Å². The summed E-state index contributed by atoms with van der Waals surface area (Å²) in [5.74, 6) is 5.83. The zero-order valence-electron chi connectivity index (χ0n) is 18.3. The van der Waals surface area contributed by atoms with Crippen LogP contribution in [0.5, 0.6) is 0 Å². The van der Waals surface area contributed by atoms with E-state index in [-0.39, 0.29) is 23.9 Å². The summed E-state index contributed by atoms with van der Waals surface area (Å²) in [6, 6.07) is 22.3. The second-order valence-electron chi connectivity index (χ2n) is 7.57. The Bertz CT molecular complexity index is 1330. The van der Waals surface area contributed by atoms with Gasteiger partial charge in [0.15, 0.2) is 11.6 Å². The Morgan fingerprint density at radius 3 is 2.50 bits per heavy atom. The van der Waals surface area contributed by atoms with Crippen LogP contribution in [0.15, 0.2) is 84.0 Å². The molecule has 172 valence electrons. The van der Waals surface area contributed by atoms with E-state index < -0.39 is 5.25 Å². The minimum Gasteiger partial charge on any atom is -0.336 e. The second kappa shape index (κ2) is 10.3. The first-order valence-electron chi connectivity index (χ1n) is 10.5. The van der Waals surface area contributed by atoms with Crippen molar-refractivity contribution in [3.63, 3.8) is 0 Å². The Kier molecular flexibility index (Phi) is 7.03. The van der Waals surface area contributed by atoms with Crippen LogP contribution in [0.4, 0.5) is 10.1 Å².